The molecular weight excluding hydrogens is 286 g/mol. The minimum absolute atomic E-state index is 0.169. The van der Waals surface area contributed by atoms with Crippen LogP contribution in [0.4, 0.5) is 5.69 Å². The lowest BCUT2D eigenvalue weighted by Gasteiger charge is -2.08. The molecule has 0 aliphatic rings. The Kier molecular flexibility index (Phi) is 4.58. The predicted molar refractivity (Wildman–Crippen MR) is 82.2 cm³/mol. The first kappa shape index (κ1) is 15.0. The van der Waals surface area contributed by atoms with Gasteiger partial charge in [0, 0.05) is 11.8 Å². The highest BCUT2D eigenvalue weighted by Crippen LogP contribution is 2.16. The Labute approximate surface area is 124 Å². The second-order valence-corrected chi connectivity index (χ2v) is 6.07. The molecule has 21 heavy (non-hydrogen) atoms. The third kappa shape index (κ3) is 4.05. The van der Waals surface area contributed by atoms with Gasteiger partial charge in [0.1, 0.15) is 0 Å². The molecule has 0 saturated heterocycles. The SMILES string of the molecule is Cc1cncc(NS(=O)(=O)c2ccc(C#CCN)cc2)c1. The molecule has 0 aliphatic carbocycles. The number of nitrogens with two attached hydrogens (primary N) is 1. The Morgan fingerprint density at radius 1 is 1.24 bits per heavy atom. The lowest BCUT2D eigenvalue weighted by Crippen LogP contribution is -2.13. The van der Waals surface area contributed by atoms with Gasteiger partial charge in [0.25, 0.3) is 10.0 Å². The van der Waals surface area contributed by atoms with E-state index in [2.05, 4.69) is 21.5 Å². The molecule has 0 fully saturated rings. The van der Waals surface area contributed by atoms with E-state index in [1.165, 1.54) is 18.3 Å². The number of rotatable bonds is 3. The monoisotopic (exact) mass is 301 g/mol. The molecule has 0 radical (unpaired) electrons. The van der Waals surface area contributed by atoms with Gasteiger partial charge in [0.15, 0.2) is 0 Å². The van der Waals surface area contributed by atoms with Crippen LogP contribution >= 0.6 is 0 Å². The van der Waals surface area contributed by atoms with Gasteiger partial charge >= 0.3 is 0 Å². The van der Waals surface area contributed by atoms with E-state index in [1.54, 1.807) is 24.4 Å². The average Bonchev–Trinajstić information content (AvgIpc) is 2.45. The molecule has 1 aromatic carbocycles. The number of aromatic nitrogens is 1. The number of pyridine rings is 1. The molecule has 0 spiro atoms. The fraction of sp³-hybridized carbons (Fsp3) is 0.133. The van der Waals surface area contributed by atoms with Crippen LogP contribution in [0.1, 0.15) is 11.1 Å². The van der Waals surface area contributed by atoms with Crippen molar-refractivity contribution < 1.29 is 8.42 Å². The number of nitrogens with one attached hydrogen (secondary N) is 1. The van der Waals surface area contributed by atoms with Gasteiger partial charge in [-0.3, -0.25) is 9.71 Å². The van der Waals surface area contributed by atoms with Gasteiger partial charge in [-0.05, 0) is 42.8 Å². The second kappa shape index (κ2) is 6.39. The number of nitrogens with zero attached hydrogens (tertiary/aromatic N) is 1. The van der Waals surface area contributed by atoms with Crippen molar-refractivity contribution in [3.8, 4) is 11.8 Å². The maximum Gasteiger partial charge on any atom is 0.261 e. The van der Waals surface area contributed by atoms with Crippen molar-refractivity contribution in [3.63, 3.8) is 0 Å². The molecule has 3 N–H and O–H groups in total. The number of hydrogen-bond acceptors (Lipinski definition) is 4. The summed E-state index contributed by atoms with van der Waals surface area (Å²) >= 11 is 0. The highest BCUT2D eigenvalue weighted by Gasteiger charge is 2.14. The van der Waals surface area contributed by atoms with Gasteiger partial charge in [-0.25, -0.2) is 8.42 Å². The molecular formula is C15H15N3O2S. The van der Waals surface area contributed by atoms with E-state index in [4.69, 9.17) is 5.73 Å². The zero-order valence-electron chi connectivity index (χ0n) is 11.5. The van der Waals surface area contributed by atoms with E-state index >= 15 is 0 Å². The van der Waals surface area contributed by atoms with E-state index in [-0.39, 0.29) is 11.4 Å². The van der Waals surface area contributed by atoms with Crippen molar-refractivity contribution in [1.29, 1.82) is 0 Å². The van der Waals surface area contributed by atoms with Crippen molar-refractivity contribution in [1.82, 2.24) is 4.98 Å². The standard InChI is InChI=1S/C15H15N3O2S/c1-12-9-14(11-17-10-12)18-21(19,20)15-6-4-13(5-7-15)3-2-8-16/h4-7,9-11,18H,8,16H2,1H3. The highest BCUT2D eigenvalue weighted by atomic mass is 32.2. The van der Waals surface area contributed by atoms with Crippen LogP contribution in [0.2, 0.25) is 0 Å². The van der Waals surface area contributed by atoms with Gasteiger partial charge in [-0.1, -0.05) is 11.8 Å². The summed E-state index contributed by atoms with van der Waals surface area (Å²) in [5, 5.41) is 0. The molecule has 5 nitrogen and oxygen atoms in total. The van der Waals surface area contributed by atoms with Gasteiger partial charge in [0.2, 0.25) is 0 Å². The minimum atomic E-state index is -3.63. The third-order valence-electron chi connectivity index (χ3n) is 2.63. The quantitative estimate of drug-likeness (QED) is 0.841. The molecule has 0 bridgehead atoms. The fourth-order valence-electron chi connectivity index (χ4n) is 1.70. The smallest absolute Gasteiger partial charge is 0.261 e. The zero-order valence-corrected chi connectivity index (χ0v) is 12.3. The first-order chi connectivity index (χ1) is 10.0. The zero-order chi connectivity index (χ0) is 15.3. The van der Waals surface area contributed by atoms with Crippen LogP contribution in [-0.2, 0) is 10.0 Å². The first-order valence-electron chi connectivity index (χ1n) is 6.25. The molecule has 0 unspecified atom stereocenters. The van der Waals surface area contributed by atoms with E-state index in [0.717, 1.165) is 11.1 Å². The summed E-state index contributed by atoms with van der Waals surface area (Å²) in [5.41, 5.74) is 7.32. The van der Waals surface area contributed by atoms with E-state index in [9.17, 15) is 8.42 Å². The maximum atomic E-state index is 12.2. The van der Waals surface area contributed by atoms with Crippen molar-refractivity contribution in [2.24, 2.45) is 5.73 Å². The van der Waals surface area contributed by atoms with Crippen molar-refractivity contribution >= 4 is 15.7 Å². The summed E-state index contributed by atoms with van der Waals surface area (Å²) < 4.78 is 27.0. The molecule has 1 aromatic heterocycles. The summed E-state index contributed by atoms with van der Waals surface area (Å²) in [6.45, 7) is 2.11. The lowest BCUT2D eigenvalue weighted by molar-refractivity contribution is 0.601. The van der Waals surface area contributed by atoms with Crippen LogP contribution < -0.4 is 10.5 Å². The molecule has 0 saturated carbocycles. The largest absolute Gasteiger partial charge is 0.320 e. The molecule has 0 aliphatic heterocycles. The summed E-state index contributed by atoms with van der Waals surface area (Å²) in [6, 6.07) is 8.02. The number of aryl methyl sites for hydroxylation is 1. The molecule has 108 valence electrons. The Morgan fingerprint density at radius 2 is 1.95 bits per heavy atom. The molecule has 0 amide bonds. The van der Waals surface area contributed by atoms with E-state index in [0.29, 0.717) is 5.69 Å². The summed E-state index contributed by atoms with van der Waals surface area (Å²) in [4.78, 5) is 4.12. The first-order valence-corrected chi connectivity index (χ1v) is 7.73. The van der Waals surface area contributed by atoms with Crippen molar-refractivity contribution in [2.75, 3.05) is 11.3 Å². The number of benzene rings is 1. The van der Waals surface area contributed by atoms with Gasteiger partial charge < -0.3 is 5.73 Å². The molecule has 1 heterocycles. The molecule has 0 atom stereocenters. The Hall–Kier alpha value is -2.36. The predicted octanol–water partition coefficient (Wildman–Crippen LogP) is 1.50. The number of anilines is 1. The number of hydrogen-bond donors (Lipinski definition) is 2. The van der Waals surface area contributed by atoms with Crippen LogP contribution in [0, 0.1) is 18.8 Å². The topological polar surface area (TPSA) is 85.1 Å². The van der Waals surface area contributed by atoms with Crippen molar-refractivity contribution in [2.45, 2.75) is 11.8 Å². The Morgan fingerprint density at radius 3 is 2.57 bits per heavy atom. The average molecular weight is 301 g/mol. The minimum Gasteiger partial charge on any atom is -0.320 e. The Balaban J connectivity index is 2.23. The molecule has 2 rings (SSSR count). The van der Waals surface area contributed by atoms with Crippen LogP contribution in [0.3, 0.4) is 0 Å². The van der Waals surface area contributed by atoms with Gasteiger partial charge in [-0.2, -0.15) is 0 Å². The highest BCUT2D eigenvalue weighted by molar-refractivity contribution is 7.92. The summed E-state index contributed by atoms with van der Waals surface area (Å²) in [7, 11) is -3.63. The van der Waals surface area contributed by atoms with Crippen LogP contribution in [-0.4, -0.2) is 19.9 Å². The van der Waals surface area contributed by atoms with Gasteiger partial charge in [-0.15, -0.1) is 0 Å². The summed E-state index contributed by atoms with van der Waals surface area (Å²) in [5.74, 6) is 5.55. The summed E-state index contributed by atoms with van der Waals surface area (Å²) in [6.07, 6.45) is 3.12. The van der Waals surface area contributed by atoms with E-state index < -0.39 is 10.0 Å². The van der Waals surface area contributed by atoms with Crippen LogP contribution in [0.5, 0.6) is 0 Å². The third-order valence-corrected chi connectivity index (χ3v) is 4.02. The molecule has 6 heteroatoms. The van der Waals surface area contributed by atoms with Crippen LogP contribution in [0.25, 0.3) is 0 Å². The normalized spacial score (nSPS) is 10.6. The number of sulfonamides is 1. The second-order valence-electron chi connectivity index (χ2n) is 4.39. The molecule has 2 aromatic rings. The fourth-order valence-corrected chi connectivity index (χ4v) is 2.73. The lowest BCUT2D eigenvalue weighted by atomic mass is 10.2. The van der Waals surface area contributed by atoms with Crippen LogP contribution in [0.15, 0.2) is 47.6 Å². The Bertz CT molecular complexity index is 788. The van der Waals surface area contributed by atoms with Gasteiger partial charge in [0.05, 0.1) is 23.3 Å². The van der Waals surface area contributed by atoms with Crippen molar-refractivity contribution in [3.05, 3.63) is 53.9 Å². The van der Waals surface area contributed by atoms with E-state index in [1.807, 2.05) is 6.92 Å². The maximum absolute atomic E-state index is 12.2.